The van der Waals surface area contributed by atoms with E-state index in [0.29, 0.717) is 0 Å². The number of amides is 2. The first-order valence-corrected chi connectivity index (χ1v) is 8.04. The van der Waals surface area contributed by atoms with Gasteiger partial charge in [-0.25, -0.2) is 4.79 Å². The van der Waals surface area contributed by atoms with E-state index in [0.717, 1.165) is 50.0 Å². The Kier molecular flexibility index (Phi) is 5.71. The van der Waals surface area contributed by atoms with Crippen molar-refractivity contribution in [2.75, 3.05) is 37.6 Å². The fourth-order valence-corrected chi connectivity index (χ4v) is 2.88. The predicted octanol–water partition coefficient (Wildman–Crippen LogP) is 3.08. The fraction of sp³-hybridized carbons (Fsp3) is 0.533. The Balaban J connectivity index is 1.83. The van der Waals surface area contributed by atoms with Crippen LogP contribution >= 0.6 is 15.9 Å². The van der Waals surface area contributed by atoms with E-state index >= 15 is 0 Å². The summed E-state index contributed by atoms with van der Waals surface area (Å²) in [6, 6.07) is 8.31. The number of piperazine rings is 1. The van der Waals surface area contributed by atoms with Crippen molar-refractivity contribution in [3.05, 3.63) is 28.7 Å². The third-order valence-electron chi connectivity index (χ3n) is 3.57. The summed E-state index contributed by atoms with van der Waals surface area (Å²) in [5, 5.41) is 2.98. The summed E-state index contributed by atoms with van der Waals surface area (Å²) in [6.45, 7) is 6.22. The molecule has 0 aromatic heterocycles. The number of unbranched alkanes of at least 4 members (excludes halogenated alkanes) is 1. The molecule has 1 aromatic rings. The maximum atomic E-state index is 12.0. The van der Waals surface area contributed by atoms with Crippen molar-refractivity contribution < 1.29 is 4.79 Å². The number of benzene rings is 1. The topological polar surface area (TPSA) is 35.6 Å². The van der Waals surface area contributed by atoms with Crippen molar-refractivity contribution in [1.82, 2.24) is 10.2 Å². The summed E-state index contributed by atoms with van der Waals surface area (Å²) in [5.74, 6) is 0. The van der Waals surface area contributed by atoms with Crippen molar-refractivity contribution in [3.63, 3.8) is 0 Å². The Morgan fingerprint density at radius 1 is 1.25 bits per heavy atom. The molecule has 0 atom stereocenters. The molecule has 0 aliphatic carbocycles. The number of halogens is 1. The first kappa shape index (κ1) is 15.2. The number of para-hydroxylation sites is 1. The van der Waals surface area contributed by atoms with Crippen LogP contribution in [-0.4, -0.2) is 43.7 Å². The Morgan fingerprint density at radius 2 is 1.95 bits per heavy atom. The number of nitrogens with zero attached hydrogens (tertiary/aromatic N) is 2. The number of carbonyl (C=O) groups excluding carboxylic acids is 1. The predicted molar refractivity (Wildman–Crippen MR) is 86.2 cm³/mol. The van der Waals surface area contributed by atoms with E-state index in [1.54, 1.807) is 0 Å². The Morgan fingerprint density at radius 3 is 2.60 bits per heavy atom. The molecule has 1 N–H and O–H groups in total. The minimum Gasteiger partial charge on any atom is -0.367 e. The second kappa shape index (κ2) is 7.53. The SMILES string of the molecule is CCCCNC(=O)N1CCN(c2ccccc2Br)CC1. The molecule has 20 heavy (non-hydrogen) atoms. The summed E-state index contributed by atoms with van der Waals surface area (Å²) in [4.78, 5) is 16.2. The van der Waals surface area contributed by atoms with Crippen molar-refractivity contribution in [1.29, 1.82) is 0 Å². The number of nitrogens with one attached hydrogen (secondary N) is 1. The second-order valence-corrected chi connectivity index (χ2v) is 5.87. The van der Waals surface area contributed by atoms with Gasteiger partial charge in [0.15, 0.2) is 0 Å². The second-order valence-electron chi connectivity index (χ2n) is 5.01. The number of anilines is 1. The maximum absolute atomic E-state index is 12.0. The molecule has 4 nitrogen and oxygen atoms in total. The lowest BCUT2D eigenvalue weighted by atomic mass is 10.2. The number of hydrogen-bond acceptors (Lipinski definition) is 2. The van der Waals surface area contributed by atoms with Gasteiger partial charge < -0.3 is 15.1 Å². The zero-order valence-electron chi connectivity index (χ0n) is 11.9. The summed E-state index contributed by atoms with van der Waals surface area (Å²) in [7, 11) is 0. The van der Waals surface area contributed by atoms with Crippen molar-refractivity contribution in [3.8, 4) is 0 Å². The molecule has 0 spiro atoms. The molecule has 1 heterocycles. The van der Waals surface area contributed by atoms with Crippen LogP contribution in [0.5, 0.6) is 0 Å². The third kappa shape index (κ3) is 3.88. The lowest BCUT2D eigenvalue weighted by Gasteiger charge is -2.36. The van der Waals surface area contributed by atoms with Gasteiger partial charge >= 0.3 is 6.03 Å². The smallest absolute Gasteiger partial charge is 0.317 e. The number of hydrogen-bond donors (Lipinski definition) is 1. The maximum Gasteiger partial charge on any atom is 0.317 e. The molecule has 0 bridgehead atoms. The van der Waals surface area contributed by atoms with Gasteiger partial charge in [0.25, 0.3) is 0 Å². The van der Waals surface area contributed by atoms with Crippen LogP contribution in [0.15, 0.2) is 28.7 Å². The highest BCUT2D eigenvalue weighted by molar-refractivity contribution is 9.10. The number of carbonyl (C=O) groups is 1. The molecule has 5 heteroatoms. The monoisotopic (exact) mass is 339 g/mol. The molecule has 0 radical (unpaired) electrons. The summed E-state index contributed by atoms with van der Waals surface area (Å²) < 4.78 is 1.11. The molecule has 1 fully saturated rings. The molecular formula is C15H22BrN3O. The van der Waals surface area contributed by atoms with Crippen LogP contribution in [0.1, 0.15) is 19.8 Å². The van der Waals surface area contributed by atoms with Crippen LogP contribution in [0.2, 0.25) is 0 Å². The molecule has 0 saturated carbocycles. The minimum atomic E-state index is 0.0743. The average Bonchev–Trinajstić information content (AvgIpc) is 2.48. The van der Waals surface area contributed by atoms with Crippen molar-refractivity contribution in [2.24, 2.45) is 0 Å². The lowest BCUT2D eigenvalue weighted by Crippen LogP contribution is -2.52. The normalized spacial score (nSPS) is 15.3. The van der Waals surface area contributed by atoms with Crippen LogP contribution in [0.3, 0.4) is 0 Å². The van der Waals surface area contributed by atoms with E-state index in [4.69, 9.17) is 0 Å². The van der Waals surface area contributed by atoms with Gasteiger partial charge in [0.2, 0.25) is 0 Å². The summed E-state index contributed by atoms with van der Waals surface area (Å²) in [6.07, 6.45) is 2.15. The summed E-state index contributed by atoms with van der Waals surface area (Å²) >= 11 is 3.58. The van der Waals surface area contributed by atoms with E-state index in [1.807, 2.05) is 17.0 Å². The van der Waals surface area contributed by atoms with Gasteiger partial charge in [-0.15, -0.1) is 0 Å². The van der Waals surface area contributed by atoms with Gasteiger partial charge in [-0.2, -0.15) is 0 Å². The van der Waals surface area contributed by atoms with E-state index < -0.39 is 0 Å². The molecule has 0 unspecified atom stereocenters. The fourth-order valence-electron chi connectivity index (χ4n) is 2.34. The molecule has 1 aromatic carbocycles. The van der Waals surface area contributed by atoms with E-state index in [9.17, 15) is 4.79 Å². The molecule has 1 saturated heterocycles. The van der Waals surface area contributed by atoms with Crippen molar-refractivity contribution in [2.45, 2.75) is 19.8 Å². The largest absolute Gasteiger partial charge is 0.367 e. The molecule has 110 valence electrons. The molecule has 1 aliphatic rings. The minimum absolute atomic E-state index is 0.0743. The first-order chi connectivity index (χ1) is 9.72. The quantitative estimate of drug-likeness (QED) is 0.855. The van der Waals surface area contributed by atoms with E-state index in [2.05, 4.69) is 45.2 Å². The highest BCUT2D eigenvalue weighted by Gasteiger charge is 2.21. The lowest BCUT2D eigenvalue weighted by molar-refractivity contribution is 0.194. The van der Waals surface area contributed by atoms with E-state index in [1.165, 1.54) is 5.69 Å². The van der Waals surface area contributed by atoms with Crippen LogP contribution in [0, 0.1) is 0 Å². The zero-order chi connectivity index (χ0) is 14.4. The van der Waals surface area contributed by atoms with Crippen LogP contribution in [0.4, 0.5) is 10.5 Å². The van der Waals surface area contributed by atoms with Gasteiger partial charge in [0.05, 0.1) is 5.69 Å². The van der Waals surface area contributed by atoms with Gasteiger partial charge in [0.1, 0.15) is 0 Å². The van der Waals surface area contributed by atoms with Crippen LogP contribution in [0.25, 0.3) is 0 Å². The molecule has 2 amide bonds. The van der Waals surface area contributed by atoms with Gasteiger partial charge in [0, 0.05) is 37.2 Å². The molecule has 2 rings (SSSR count). The average molecular weight is 340 g/mol. The zero-order valence-corrected chi connectivity index (χ0v) is 13.5. The van der Waals surface area contributed by atoms with Gasteiger partial charge in [-0.1, -0.05) is 25.5 Å². The number of urea groups is 1. The summed E-state index contributed by atoms with van der Waals surface area (Å²) in [5.41, 5.74) is 1.21. The number of rotatable bonds is 4. The van der Waals surface area contributed by atoms with Crippen LogP contribution < -0.4 is 10.2 Å². The first-order valence-electron chi connectivity index (χ1n) is 7.24. The van der Waals surface area contributed by atoms with E-state index in [-0.39, 0.29) is 6.03 Å². The van der Waals surface area contributed by atoms with Gasteiger partial charge in [-0.3, -0.25) is 0 Å². The Bertz CT molecular complexity index is 444. The van der Waals surface area contributed by atoms with Gasteiger partial charge in [-0.05, 0) is 34.5 Å². The van der Waals surface area contributed by atoms with Crippen molar-refractivity contribution >= 4 is 27.6 Å². The molecular weight excluding hydrogens is 318 g/mol. The third-order valence-corrected chi connectivity index (χ3v) is 4.24. The van der Waals surface area contributed by atoms with Crippen LogP contribution in [-0.2, 0) is 0 Å². The highest BCUT2D eigenvalue weighted by Crippen LogP contribution is 2.26. The Hall–Kier alpha value is -1.23. The Labute approximate surface area is 129 Å². The highest BCUT2D eigenvalue weighted by atomic mass is 79.9. The molecule has 1 aliphatic heterocycles. The standard InChI is InChI=1S/C15H22BrN3O/c1-2-3-8-17-15(20)19-11-9-18(10-12-19)14-7-5-4-6-13(14)16/h4-7H,2-3,8-12H2,1H3,(H,17,20).